The summed E-state index contributed by atoms with van der Waals surface area (Å²) in [6.07, 6.45) is 3.15. The molecule has 224 valence electrons. The van der Waals surface area contributed by atoms with Crippen molar-refractivity contribution in [2.75, 3.05) is 13.7 Å². The molecular formula is C34H30BrN3O5S. The first-order chi connectivity index (χ1) is 21.4. The Bertz CT molecular complexity index is 1950. The van der Waals surface area contributed by atoms with Crippen LogP contribution in [0.25, 0.3) is 6.08 Å². The number of esters is 1. The van der Waals surface area contributed by atoms with Crippen LogP contribution in [-0.2, 0) is 16.1 Å². The molecule has 8 nitrogen and oxygen atoms in total. The second-order valence-electron chi connectivity index (χ2n) is 9.98. The highest BCUT2D eigenvalue weighted by molar-refractivity contribution is 9.10. The van der Waals surface area contributed by atoms with E-state index < -0.39 is 12.0 Å². The van der Waals surface area contributed by atoms with Crippen LogP contribution in [0.2, 0.25) is 0 Å². The lowest BCUT2D eigenvalue weighted by molar-refractivity contribution is -0.139. The van der Waals surface area contributed by atoms with Crippen LogP contribution in [-0.4, -0.2) is 24.3 Å². The standard InChI is InChI=1S/C34H30BrN3O5S/c1-4-7-27-30(33(40)42-5-2)31(24-8-6-9-25(18-24)41-3)38-32(39)29(44-34(38)37-27)17-23-14-15-28(26(35)16-23)43-20-22-12-10-21(19-36)11-13-22/h6,8-18,31H,4-5,7,20H2,1-3H3/b29-17-/t31-/m0/s1. The van der Waals surface area contributed by atoms with Crippen molar-refractivity contribution in [3.63, 3.8) is 0 Å². The van der Waals surface area contributed by atoms with Crippen LogP contribution < -0.4 is 24.4 Å². The van der Waals surface area contributed by atoms with Crippen LogP contribution >= 0.6 is 27.3 Å². The van der Waals surface area contributed by atoms with E-state index in [1.165, 1.54) is 11.3 Å². The van der Waals surface area contributed by atoms with Gasteiger partial charge in [-0.2, -0.15) is 5.26 Å². The van der Waals surface area contributed by atoms with Crippen LogP contribution in [0.1, 0.15) is 55.0 Å². The number of hydrogen-bond acceptors (Lipinski definition) is 8. The van der Waals surface area contributed by atoms with Gasteiger partial charge in [0.05, 0.1) is 51.7 Å². The molecule has 1 aromatic heterocycles. The molecule has 0 radical (unpaired) electrons. The molecule has 0 aliphatic carbocycles. The summed E-state index contributed by atoms with van der Waals surface area (Å²) in [5, 5.41) is 9.00. The number of methoxy groups -OCH3 is 1. The average molecular weight is 673 g/mol. The molecule has 1 aliphatic heterocycles. The maximum Gasteiger partial charge on any atom is 0.338 e. The minimum Gasteiger partial charge on any atom is -0.497 e. The van der Waals surface area contributed by atoms with Crippen LogP contribution in [0.4, 0.5) is 0 Å². The zero-order chi connectivity index (χ0) is 31.2. The van der Waals surface area contributed by atoms with Gasteiger partial charge in [-0.1, -0.05) is 55.0 Å². The summed E-state index contributed by atoms with van der Waals surface area (Å²) in [6.45, 7) is 4.33. The number of nitrogens with zero attached hydrogens (tertiary/aromatic N) is 3. The molecule has 0 bridgehead atoms. The second kappa shape index (κ2) is 13.9. The quantitative estimate of drug-likeness (QED) is 0.198. The third kappa shape index (κ3) is 6.54. The molecule has 5 rings (SSSR count). The summed E-state index contributed by atoms with van der Waals surface area (Å²) in [4.78, 5) is 32.7. The van der Waals surface area contributed by atoms with Crippen molar-refractivity contribution in [3.05, 3.63) is 124 Å². The largest absolute Gasteiger partial charge is 0.497 e. The van der Waals surface area contributed by atoms with Crippen molar-refractivity contribution in [1.29, 1.82) is 5.26 Å². The Balaban J connectivity index is 1.54. The van der Waals surface area contributed by atoms with Crippen molar-refractivity contribution in [2.24, 2.45) is 4.99 Å². The molecule has 0 spiro atoms. The summed E-state index contributed by atoms with van der Waals surface area (Å²) in [6, 6.07) is 21.6. The van der Waals surface area contributed by atoms with Crippen LogP contribution in [0.15, 0.2) is 92.3 Å². The van der Waals surface area contributed by atoms with Gasteiger partial charge in [0.2, 0.25) is 0 Å². The minimum atomic E-state index is -0.714. The van der Waals surface area contributed by atoms with Crippen molar-refractivity contribution >= 4 is 39.3 Å². The molecule has 44 heavy (non-hydrogen) atoms. The Kier molecular flexibility index (Phi) is 9.78. The topological polar surface area (TPSA) is 103 Å². The van der Waals surface area contributed by atoms with Gasteiger partial charge >= 0.3 is 5.97 Å². The predicted octanol–water partition coefficient (Wildman–Crippen LogP) is 5.80. The molecule has 4 aromatic rings. The van der Waals surface area contributed by atoms with Gasteiger partial charge in [-0.25, -0.2) is 9.79 Å². The van der Waals surface area contributed by atoms with E-state index in [0.29, 0.717) is 50.7 Å². The number of carbonyl (C=O) groups is 1. The number of carbonyl (C=O) groups excluding carboxylic acids is 1. The smallest absolute Gasteiger partial charge is 0.338 e. The van der Waals surface area contributed by atoms with Crippen molar-refractivity contribution < 1.29 is 19.0 Å². The van der Waals surface area contributed by atoms with Crippen molar-refractivity contribution in [2.45, 2.75) is 39.3 Å². The number of nitriles is 1. The van der Waals surface area contributed by atoms with Gasteiger partial charge in [-0.3, -0.25) is 9.36 Å². The Morgan fingerprint density at radius 2 is 1.93 bits per heavy atom. The lowest BCUT2D eigenvalue weighted by Gasteiger charge is -2.26. The molecule has 2 heterocycles. The molecule has 0 saturated heterocycles. The molecule has 10 heteroatoms. The lowest BCUT2D eigenvalue weighted by atomic mass is 9.94. The molecule has 0 N–H and O–H groups in total. The third-order valence-electron chi connectivity index (χ3n) is 7.03. The highest BCUT2D eigenvalue weighted by Crippen LogP contribution is 2.34. The number of hydrogen-bond donors (Lipinski definition) is 0. The number of rotatable bonds is 10. The van der Waals surface area contributed by atoms with E-state index in [4.69, 9.17) is 24.5 Å². The predicted molar refractivity (Wildman–Crippen MR) is 172 cm³/mol. The van der Waals surface area contributed by atoms with E-state index in [-0.39, 0.29) is 12.2 Å². The normalized spacial score (nSPS) is 14.4. The summed E-state index contributed by atoms with van der Waals surface area (Å²) in [5.41, 5.74) is 3.80. The molecule has 0 amide bonds. The van der Waals surface area contributed by atoms with E-state index in [1.54, 1.807) is 30.7 Å². The zero-order valence-corrected chi connectivity index (χ0v) is 26.9. The van der Waals surface area contributed by atoms with Crippen molar-refractivity contribution in [1.82, 2.24) is 4.57 Å². The molecule has 1 aliphatic rings. The SMILES string of the molecule is CCCC1=C(C(=O)OCC)[C@H](c2cccc(OC)c2)n2c(s/c(=C\c3ccc(OCc4ccc(C#N)cc4)c(Br)c3)c2=O)=N1. The number of halogens is 1. The molecule has 0 unspecified atom stereocenters. The average Bonchev–Trinajstić information content (AvgIpc) is 3.34. The number of allylic oxidation sites excluding steroid dienone is 1. The molecular weight excluding hydrogens is 642 g/mol. The van der Waals surface area contributed by atoms with E-state index in [1.807, 2.05) is 67.6 Å². The van der Waals surface area contributed by atoms with Crippen LogP contribution in [0.5, 0.6) is 11.5 Å². The first kappa shape index (κ1) is 31.0. The molecule has 0 fully saturated rings. The molecule has 1 atom stereocenters. The number of thiazole rings is 1. The van der Waals surface area contributed by atoms with E-state index in [0.717, 1.165) is 27.6 Å². The van der Waals surface area contributed by atoms with Crippen LogP contribution in [0, 0.1) is 11.3 Å². The third-order valence-corrected chi connectivity index (χ3v) is 8.64. The van der Waals surface area contributed by atoms with E-state index >= 15 is 0 Å². The Labute approximate surface area is 267 Å². The fraction of sp³-hybridized carbons (Fsp3) is 0.235. The number of ether oxygens (including phenoxy) is 3. The lowest BCUT2D eigenvalue weighted by Crippen LogP contribution is -2.40. The maximum absolute atomic E-state index is 14.0. The van der Waals surface area contributed by atoms with Gasteiger partial charge in [0, 0.05) is 0 Å². The Hall–Kier alpha value is -4.46. The maximum atomic E-state index is 14.0. The van der Waals surface area contributed by atoms with E-state index in [9.17, 15) is 9.59 Å². The van der Waals surface area contributed by atoms with Gasteiger partial charge in [0.1, 0.15) is 18.1 Å². The highest BCUT2D eigenvalue weighted by atomic mass is 79.9. The van der Waals surface area contributed by atoms with Gasteiger partial charge in [0.25, 0.3) is 5.56 Å². The zero-order valence-electron chi connectivity index (χ0n) is 24.5. The van der Waals surface area contributed by atoms with Crippen LogP contribution in [0.3, 0.4) is 0 Å². The van der Waals surface area contributed by atoms with Gasteiger partial charge in [0.15, 0.2) is 4.80 Å². The first-order valence-electron chi connectivity index (χ1n) is 14.1. The number of aromatic nitrogens is 1. The fourth-order valence-electron chi connectivity index (χ4n) is 4.96. The summed E-state index contributed by atoms with van der Waals surface area (Å²) >= 11 is 4.88. The molecule has 3 aromatic carbocycles. The highest BCUT2D eigenvalue weighted by Gasteiger charge is 2.34. The number of fused-ring (bicyclic) bond motifs is 1. The molecule has 0 saturated carbocycles. The second-order valence-corrected chi connectivity index (χ2v) is 11.8. The Morgan fingerprint density at radius 1 is 1.14 bits per heavy atom. The first-order valence-corrected chi connectivity index (χ1v) is 15.7. The fourth-order valence-corrected chi connectivity index (χ4v) is 6.49. The Morgan fingerprint density at radius 3 is 2.61 bits per heavy atom. The van der Waals surface area contributed by atoms with Gasteiger partial charge in [-0.05, 0) is 88.4 Å². The van der Waals surface area contributed by atoms with Gasteiger partial charge in [-0.15, -0.1) is 0 Å². The number of benzene rings is 3. The summed E-state index contributed by atoms with van der Waals surface area (Å²) in [5.74, 6) is 0.782. The van der Waals surface area contributed by atoms with Crippen molar-refractivity contribution in [3.8, 4) is 17.6 Å². The summed E-state index contributed by atoms with van der Waals surface area (Å²) in [7, 11) is 1.58. The van der Waals surface area contributed by atoms with Gasteiger partial charge < -0.3 is 14.2 Å². The monoisotopic (exact) mass is 671 g/mol. The summed E-state index contributed by atoms with van der Waals surface area (Å²) < 4.78 is 19.7. The van der Waals surface area contributed by atoms with E-state index in [2.05, 4.69) is 22.0 Å². The minimum absolute atomic E-state index is 0.207.